The molecular weight excluding hydrogens is 580 g/mol. The lowest BCUT2D eigenvalue weighted by Gasteiger charge is -2.33. The number of likely N-dealkylation sites (tertiary alicyclic amines) is 1. The summed E-state index contributed by atoms with van der Waals surface area (Å²) in [6, 6.07) is 2.14. The van der Waals surface area contributed by atoms with Gasteiger partial charge in [-0.1, -0.05) is 6.58 Å². The molecule has 0 bridgehead atoms. The molecule has 42 heavy (non-hydrogen) atoms. The molecule has 16 heteroatoms. The molecule has 0 spiro atoms. The van der Waals surface area contributed by atoms with Crippen molar-refractivity contribution in [2.45, 2.75) is 25.1 Å². The van der Waals surface area contributed by atoms with E-state index in [2.05, 4.69) is 21.6 Å². The van der Waals surface area contributed by atoms with Crippen LogP contribution in [0, 0.1) is 29.1 Å². The van der Waals surface area contributed by atoms with Gasteiger partial charge < -0.3 is 15.4 Å². The summed E-state index contributed by atoms with van der Waals surface area (Å²) >= 11 is 0. The van der Waals surface area contributed by atoms with Gasteiger partial charge in [0, 0.05) is 30.8 Å². The number of nitrogen functional groups attached to an aromatic ring is 1. The van der Waals surface area contributed by atoms with Crippen LogP contribution in [-0.2, 0) is 4.79 Å². The number of aromatic nitrogens is 4. The molecule has 2 aromatic heterocycles. The smallest absolute Gasteiger partial charge is 0.421 e. The quantitative estimate of drug-likeness (QED) is 0.176. The summed E-state index contributed by atoms with van der Waals surface area (Å²) in [5.74, 6) is -11.5. The van der Waals surface area contributed by atoms with Crippen molar-refractivity contribution in [2.24, 2.45) is 0 Å². The predicted molar refractivity (Wildman–Crippen MR) is 132 cm³/mol. The van der Waals surface area contributed by atoms with Gasteiger partial charge in [0.05, 0.1) is 11.4 Å². The minimum absolute atomic E-state index is 0.0107. The van der Waals surface area contributed by atoms with Gasteiger partial charge in [-0.25, -0.2) is 27.8 Å². The van der Waals surface area contributed by atoms with Crippen LogP contribution in [0.2, 0.25) is 0 Å². The van der Waals surface area contributed by atoms with Crippen molar-refractivity contribution in [3.63, 3.8) is 0 Å². The van der Waals surface area contributed by atoms with Gasteiger partial charge in [0.2, 0.25) is 17.4 Å². The highest BCUT2D eigenvalue weighted by Crippen LogP contribution is 2.38. The minimum atomic E-state index is -4.91. The number of halogens is 8. The van der Waals surface area contributed by atoms with E-state index in [9.17, 15) is 35.5 Å². The van der Waals surface area contributed by atoms with Gasteiger partial charge in [0.1, 0.15) is 35.0 Å². The Morgan fingerprint density at radius 1 is 1.02 bits per heavy atom. The van der Waals surface area contributed by atoms with E-state index in [4.69, 9.17) is 10.5 Å². The first-order valence-electron chi connectivity index (χ1n) is 12.1. The number of hydrogen-bond donors (Lipinski definition) is 1. The number of amides is 1. The Morgan fingerprint density at radius 2 is 1.71 bits per heavy atom. The fraction of sp³-hybridized carbons (Fsp3) is 0.231. The highest BCUT2D eigenvalue weighted by Gasteiger charge is 2.40. The van der Waals surface area contributed by atoms with Crippen LogP contribution >= 0.6 is 0 Å². The molecule has 1 unspecified atom stereocenters. The van der Waals surface area contributed by atoms with Crippen LogP contribution in [0.3, 0.4) is 0 Å². The zero-order valence-corrected chi connectivity index (χ0v) is 21.2. The van der Waals surface area contributed by atoms with Crippen LogP contribution in [0.25, 0.3) is 22.3 Å². The zero-order valence-electron chi connectivity index (χ0n) is 21.2. The van der Waals surface area contributed by atoms with Crippen molar-refractivity contribution < 1.29 is 44.7 Å². The maximum Gasteiger partial charge on any atom is 0.421 e. The number of rotatable bonds is 5. The van der Waals surface area contributed by atoms with Crippen LogP contribution in [0.1, 0.15) is 18.9 Å². The molecule has 220 valence electrons. The maximum absolute atomic E-state index is 15.4. The van der Waals surface area contributed by atoms with E-state index in [1.165, 1.54) is 4.68 Å². The van der Waals surface area contributed by atoms with Gasteiger partial charge in [-0.15, -0.1) is 0 Å². The average molecular weight is 598 g/mol. The van der Waals surface area contributed by atoms with Crippen LogP contribution in [0.15, 0.2) is 42.7 Å². The Balaban J connectivity index is 1.51. The Morgan fingerprint density at radius 3 is 2.36 bits per heavy atom. The van der Waals surface area contributed by atoms with E-state index in [0.29, 0.717) is 18.9 Å². The van der Waals surface area contributed by atoms with Gasteiger partial charge in [0.15, 0.2) is 17.3 Å². The normalized spacial score (nSPS) is 15.7. The first-order chi connectivity index (χ1) is 19.8. The fourth-order valence-electron chi connectivity index (χ4n) is 4.60. The first kappa shape index (κ1) is 28.8. The first-order valence-corrected chi connectivity index (χ1v) is 12.1. The molecule has 8 nitrogen and oxygen atoms in total. The van der Waals surface area contributed by atoms with Crippen LogP contribution < -0.4 is 10.5 Å². The van der Waals surface area contributed by atoms with Crippen molar-refractivity contribution in [2.75, 3.05) is 18.8 Å². The molecule has 2 N–H and O–H groups in total. The number of fused-ring (bicyclic) bond motifs is 1. The summed E-state index contributed by atoms with van der Waals surface area (Å²) in [6.45, 7) is 2.71. The Hall–Kier alpha value is -4.76. The number of carbonyl (C=O) groups excluding carboxylic acids is 1. The number of nitrogens with two attached hydrogens (primary N) is 1. The van der Waals surface area contributed by atoms with Gasteiger partial charge in [0.25, 0.3) is 5.91 Å². The Labute approximate surface area is 231 Å². The highest BCUT2D eigenvalue weighted by molar-refractivity contribution is 5.98. The summed E-state index contributed by atoms with van der Waals surface area (Å²) in [6.07, 6.45) is -3.12. The molecule has 1 atom stereocenters. The third kappa shape index (κ3) is 5.07. The lowest BCUT2D eigenvalue weighted by atomic mass is 10.0. The third-order valence-electron chi connectivity index (χ3n) is 6.64. The van der Waals surface area contributed by atoms with Gasteiger partial charge in [-0.3, -0.25) is 4.79 Å². The number of anilines is 1. The molecule has 5 rings (SSSR count). The summed E-state index contributed by atoms with van der Waals surface area (Å²) in [7, 11) is 0. The van der Waals surface area contributed by atoms with Gasteiger partial charge in [-0.2, -0.15) is 27.1 Å². The second-order valence-electron chi connectivity index (χ2n) is 9.32. The lowest BCUT2D eigenvalue weighted by Crippen LogP contribution is -2.43. The summed E-state index contributed by atoms with van der Waals surface area (Å²) < 4.78 is 116. The molecule has 0 saturated carbocycles. The summed E-state index contributed by atoms with van der Waals surface area (Å²) in [5, 5.41) is 4.49. The van der Waals surface area contributed by atoms with E-state index in [1.807, 2.05) is 0 Å². The number of piperidine rings is 1. The number of nitrogens with zero attached hydrogens (tertiary/aromatic N) is 5. The highest BCUT2D eigenvalue weighted by atomic mass is 19.4. The van der Waals surface area contributed by atoms with Gasteiger partial charge in [-0.05, 0) is 25.0 Å². The zero-order chi connectivity index (χ0) is 30.5. The predicted octanol–water partition coefficient (Wildman–Crippen LogP) is 5.85. The van der Waals surface area contributed by atoms with Crippen LogP contribution in [0.5, 0.6) is 11.5 Å². The van der Waals surface area contributed by atoms with Crippen LogP contribution in [-0.4, -0.2) is 49.8 Å². The molecule has 1 aliphatic rings. The summed E-state index contributed by atoms with van der Waals surface area (Å²) in [4.78, 5) is 21.5. The second-order valence-corrected chi connectivity index (χ2v) is 9.32. The maximum atomic E-state index is 15.4. The van der Waals surface area contributed by atoms with Crippen LogP contribution in [0.4, 0.5) is 40.9 Å². The van der Waals surface area contributed by atoms with E-state index in [1.54, 1.807) is 0 Å². The number of carbonyl (C=O) groups is 1. The summed E-state index contributed by atoms with van der Waals surface area (Å²) in [5.41, 5.74) is 4.31. The second kappa shape index (κ2) is 10.6. The van der Waals surface area contributed by atoms with Crippen molar-refractivity contribution in [3.8, 4) is 22.8 Å². The lowest BCUT2D eigenvalue weighted by molar-refractivity contribution is -0.140. The molecule has 1 saturated heterocycles. The standard InChI is InChI=1S/C26H18F8N6O2/c1-11(26(32,33)34)25(41)39-6-2-3-12(9-39)40-24-18(23(35)36-10-37-24)21(38-40)14-5-4-13(7-15(14)27)42-22-19(30)16(28)8-17(29)20(22)31/h4-5,7-8,10,12H,1-3,6,9H2,(H2,35,36,37). The molecular formula is C26H18F8N6O2. The minimum Gasteiger partial charge on any atom is -0.451 e. The average Bonchev–Trinajstić information content (AvgIpc) is 3.34. The monoisotopic (exact) mass is 598 g/mol. The van der Waals surface area contributed by atoms with Crippen molar-refractivity contribution in [1.29, 1.82) is 0 Å². The molecule has 1 fully saturated rings. The van der Waals surface area contributed by atoms with E-state index in [0.717, 1.165) is 23.4 Å². The van der Waals surface area contributed by atoms with E-state index >= 15 is 4.39 Å². The molecule has 0 radical (unpaired) electrons. The van der Waals surface area contributed by atoms with Gasteiger partial charge >= 0.3 is 6.18 Å². The van der Waals surface area contributed by atoms with Crippen molar-refractivity contribution in [1.82, 2.24) is 24.6 Å². The molecule has 1 aliphatic heterocycles. The molecule has 2 aromatic carbocycles. The number of alkyl halides is 3. The SMILES string of the molecule is C=C(C(=O)N1CCCC(n2nc(-c3ccc(Oc4c(F)c(F)cc(F)c4F)cc3F)c3c(N)ncnc32)C1)C(F)(F)F. The van der Waals surface area contributed by atoms with Crippen molar-refractivity contribution >= 4 is 22.8 Å². The molecule has 0 aliphatic carbocycles. The largest absolute Gasteiger partial charge is 0.451 e. The Bertz CT molecular complexity index is 1710. The molecule has 1 amide bonds. The van der Waals surface area contributed by atoms with Crippen molar-refractivity contribution in [3.05, 3.63) is 71.8 Å². The van der Waals surface area contributed by atoms with E-state index < -0.39 is 64.3 Å². The van der Waals surface area contributed by atoms with E-state index in [-0.39, 0.29) is 47.3 Å². The number of hydrogen-bond acceptors (Lipinski definition) is 6. The molecule has 3 heterocycles. The third-order valence-corrected chi connectivity index (χ3v) is 6.64. The number of benzene rings is 2. The molecule has 4 aromatic rings. The fourth-order valence-corrected chi connectivity index (χ4v) is 4.60. The topological polar surface area (TPSA) is 99.2 Å². The number of ether oxygens (including phenoxy) is 1. The Kier molecular flexibility index (Phi) is 7.24.